The van der Waals surface area contributed by atoms with Gasteiger partial charge in [-0.1, -0.05) is 40.5 Å². The van der Waals surface area contributed by atoms with Crippen LogP contribution in [0, 0.1) is 23.7 Å². The van der Waals surface area contributed by atoms with Crippen LogP contribution in [0.5, 0.6) is 0 Å². The van der Waals surface area contributed by atoms with Gasteiger partial charge in [-0.05, 0) is 42.9 Å². The van der Waals surface area contributed by atoms with Crippen molar-refractivity contribution in [1.29, 1.82) is 0 Å². The van der Waals surface area contributed by atoms with Crippen molar-refractivity contribution in [3.63, 3.8) is 0 Å². The van der Waals surface area contributed by atoms with E-state index in [4.69, 9.17) is 5.73 Å². The molecule has 2 heteroatoms. The Kier molecular flexibility index (Phi) is 4.94. The van der Waals surface area contributed by atoms with Gasteiger partial charge in [-0.15, -0.1) is 0 Å². The number of hydrogen-bond donors (Lipinski definition) is 1. The van der Waals surface area contributed by atoms with Crippen molar-refractivity contribution in [2.45, 2.75) is 65.3 Å². The molecule has 1 saturated heterocycles. The summed E-state index contributed by atoms with van der Waals surface area (Å²) in [5.74, 6) is 3.23. The maximum absolute atomic E-state index is 6.35. The van der Waals surface area contributed by atoms with Crippen LogP contribution in [-0.4, -0.2) is 30.1 Å². The van der Waals surface area contributed by atoms with E-state index in [2.05, 4.69) is 32.6 Å². The Morgan fingerprint density at radius 1 is 1.16 bits per heavy atom. The molecule has 0 bridgehead atoms. The first-order valence-electron chi connectivity index (χ1n) is 8.44. The van der Waals surface area contributed by atoms with Gasteiger partial charge in [-0.3, -0.25) is 4.90 Å². The van der Waals surface area contributed by atoms with Gasteiger partial charge < -0.3 is 5.73 Å². The lowest BCUT2D eigenvalue weighted by Gasteiger charge is -2.55. The second-order valence-corrected chi connectivity index (χ2v) is 7.76. The molecule has 1 aliphatic heterocycles. The number of hydrogen-bond acceptors (Lipinski definition) is 2. The lowest BCUT2D eigenvalue weighted by molar-refractivity contribution is -0.0470. The number of rotatable bonds is 3. The highest BCUT2D eigenvalue weighted by Gasteiger charge is 2.46. The van der Waals surface area contributed by atoms with E-state index < -0.39 is 0 Å². The van der Waals surface area contributed by atoms with Gasteiger partial charge in [0.1, 0.15) is 0 Å². The summed E-state index contributed by atoms with van der Waals surface area (Å²) in [6.07, 6.45) is 6.88. The third-order valence-corrected chi connectivity index (χ3v) is 5.72. The minimum Gasteiger partial charge on any atom is -0.329 e. The third-order valence-electron chi connectivity index (χ3n) is 5.72. The van der Waals surface area contributed by atoms with E-state index in [9.17, 15) is 0 Å². The van der Waals surface area contributed by atoms with Gasteiger partial charge >= 0.3 is 0 Å². The van der Waals surface area contributed by atoms with Crippen molar-refractivity contribution in [2.24, 2.45) is 29.4 Å². The molecule has 4 unspecified atom stereocenters. The second kappa shape index (κ2) is 6.13. The molecule has 19 heavy (non-hydrogen) atoms. The van der Waals surface area contributed by atoms with Crippen molar-refractivity contribution in [1.82, 2.24) is 4.90 Å². The number of likely N-dealkylation sites (tertiary alicyclic amines) is 1. The zero-order valence-corrected chi connectivity index (χ0v) is 13.5. The smallest absolute Gasteiger partial charge is 0.0362 e. The molecule has 1 saturated carbocycles. The van der Waals surface area contributed by atoms with Gasteiger partial charge in [0.25, 0.3) is 0 Å². The average Bonchev–Trinajstić information content (AvgIpc) is 2.37. The molecule has 2 fully saturated rings. The molecule has 2 aliphatic rings. The summed E-state index contributed by atoms with van der Waals surface area (Å²) in [5, 5.41) is 0. The first kappa shape index (κ1) is 15.3. The summed E-state index contributed by atoms with van der Waals surface area (Å²) < 4.78 is 0. The van der Waals surface area contributed by atoms with E-state index in [-0.39, 0.29) is 0 Å². The van der Waals surface area contributed by atoms with Crippen LogP contribution in [0.3, 0.4) is 0 Å². The van der Waals surface area contributed by atoms with Crippen LogP contribution >= 0.6 is 0 Å². The Labute approximate surface area is 120 Å². The van der Waals surface area contributed by atoms with Crippen molar-refractivity contribution in [3.8, 4) is 0 Å². The zero-order valence-electron chi connectivity index (χ0n) is 13.5. The highest BCUT2D eigenvalue weighted by molar-refractivity contribution is 5.02. The predicted molar refractivity (Wildman–Crippen MR) is 83.1 cm³/mol. The molecule has 112 valence electrons. The second-order valence-electron chi connectivity index (χ2n) is 7.76. The Bertz CT molecular complexity index is 279. The van der Waals surface area contributed by atoms with Crippen LogP contribution < -0.4 is 5.73 Å². The van der Waals surface area contributed by atoms with Crippen LogP contribution in [0.2, 0.25) is 0 Å². The summed E-state index contributed by atoms with van der Waals surface area (Å²) in [6.45, 7) is 13.0. The van der Waals surface area contributed by atoms with E-state index >= 15 is 0 Å². The first-order chi connectivity index (χ1) is 8.99. The normalized spacial score (nSPS) is 41.7. The average molecular weight is 266 g/mol. The molecular weight excluding hydrogens is 232 g/mol. The summed E-state index contributed by atoms with van der Waals surface area (Å²) in [5.41, 5.74) is 6.65. The summed E-state index contributed by atoms with van der Waals surface area (Å²) in [7, 11) is 0. The topological polar surface area (TPSA) is 29.3 Å². The monoisotopic (exact) mass is 266 g/mol. The number of nitrogens with two attached hydrogens (primary N) is 1. The minimum absolute atomic E-state index is 0.301. The number of piperidine rings is 1. The molecule has 2 nitrogen and oxygen atoms in total. The number of nitrogens with zero attached hydrogens (tertiary/aromatic N) is 1. The minimum atomic E-state index is 0.301. The quantitative estimate of drug-likeness (QED) is 0.847. The van der Waals surface area contributed by atoms with E-state index in [0.717, 1.165) is 30.2 Å². The van der Waals surface area contributed by atoms with Crippen molar-refractivity contribution >= 4 is 0 Å². The fourth-order valence-corrected chi connectivity index (χ4v) is 5.00. The van der Waals surface area contributed by atoms with Crippen LogP contribution in [0.4, 0.5) is 0 Å². The van der Waals surface area contributed by atoms with Gasteiger partial charge in [0.15, 0.2) is 0 Å². The van der Waals surface area contributed by atoms with Gasteiger partial charge in [0.2, 0.25) is 0 Å². The first-order valence-corrected chi connectivity index (χ1v) is 8.44. The Morgan fingerprint density at radius 3 is 2.32 bits per heavy atom. The van der Waals surface area contributed by atoms with Crippen LogP contribution in [-0.2, 0) is 0 Å². The molecule has 0 amide bonds. The molecule has 0 spiro atoms. The lowest BCUT2D eigenvalue weighted by Crippen LogP contribution is -2.63. The predicted octanol–water partition coefficient (Wildman–Crippen LogP) is 3.51. The fraction of sp³-hybridized carbons (Fsp3) is 1.00. The maximum Gasteiger partial charge on any atom is 0.0362 e. The SMILES string of the molecule is CC1CC(C)CN(C2(CN)CCCCC2C(C)C)C1. The Balaban J connectivity index is 2.23. The van der Waals surface area contributed by atoms with Crippen LogP contribution in [0.1, 0.15) is 59.8 Å². The molecule has 2 N–H and O–H groups in total. The summed E-state index contributed by atoms with van der Waals surface area (Å²) >= 11 is 0. The van der Waals surface area contributed by atoms with E-state index in [0.29, 0.717) is 5.54 Å². The van der Waals surface area contributed by atoms with E-state index in [1.165, 1.54) is 45.2 Å². The molecule has 0 aromatic heterocycles. The molecule has 0 aromatic carbocycles. The van der Waals surface area contributed by atoms with Crippen LogP contribution in [0.15, 0.2) is 0 Å². The van der Waals surface area contributed by atoms with Gasteiger partial charge in [-0.2, -0.15) is 0 Å². The van der Waals surface area contributed by atoms with Crippen LogP contribution in [0.25, 0.3) is 0 Å². The summed E-state index contributed by atoms with van der Waals surface area (Å²) in [6, 6.07) is 0. The van der Waals surface area contributed by atoms with Crippen molar-refractivity contribution < 1.29 is 0 Å². The largest absolute Gasteiger partial charge is 0.329 e. The summed E-state index contributed by atoms with van der Waals surface area (Å²) in [4.78, 5) is 2.80. The van der Waals surface area contributed by atoms with Crippen molar-refractivity contribution in [3.05, 3.63) is 0 Å². The third kappa shape index (κ3) is 3.00. The molecule has 2 rings (SSSR count). The van der Waals surface area contributed by atoms with Gasteiger partial charge in [0.05, 0.1) is 0 Å². The Hall–Kier alpha value is -0.0800. The highest BCUT2D eigenvalue weighted by Crippen LogP contribution is 2.43. The standard InChI is InChI=1S/C17H34N2/c1-13(2)16-7-5-6-8-17(16,12-18)19-10-14(3)9-15(4)11-19/h13-16H,5-12,18H2,1-4H3. The molecule has 0 aromatic rings. The zero-order chi connectivity index (χ0) is 14.0. The molecule has 1 aliphatic carbocycles. The molecule has 4 atom stereocenters. The van der Waals surface area contributed by atoms with E-state index in [1.807, 2.05) is 0 Å². The molecule has 1 heterocycles. The molecular formula is C17H34N2. The molecule has 0 radical (unpaired) electrons. The lowest BCUT2D eigenvalue weighted by atomic mass is 9.66. The highest BCUT2D eigenvalue weighted by atomic mass is 15.2. The van der Waals surface area contributed by atoms with E-state index in [1.54, 1.807) is 0 Å². The van der Waals surface area contributed by atoms with Gasteiger partial charge in [-0.25, -0.2) is 0 Å². The van der Waals surface area contributed by atoms with Crippen molar-refractivity contribution in [2.75, 3.05) is 19.6 Å². The maximum atomic E-state index is 6.35. The fourth-order valence-electron chi connectivity index (χ4n) is 5.00. The van der Waals surface area contributed by atoms with Gasteiger partial charge in [0, 0.05) is 25.2 Å². The Morgan fingerprint density at radius 2 is 1.79 bits per heavy atom.